The molecular formula is C26H28N4O3S. The summed E-state index contributed by atoms with van der Waals surface area (Å²) in [6, 6.07) is 21.2. The molecule has 0 aliphatic heterocycles. The van der Waals surface area contributed by atoms with Gasteiger partial charge in [-0.25, -0.2) is 13.4 Å². The van der Waals surface area contributed by atoms with Crippen LogP contribution in [0.25, 0.3) is 22.4 Å². The van der Waals surface area contributed by atoms with Crippen LogP contribution in [-0.2, 0) is 10.0 Å². The van der Waals surface area contributed by atoms with Crippen LogP contribution < -0.4 is 5.32 Å². The number of benzene rings is 3. The topological polar surface area (TPSA) is 95.2 Å². The number of para-hydroxylation sites is 3. The summed E-state index contributed by atoms with van der Waals surface area (Å²) in [6.45, 7) is 4.74. The van der Waals surface area contributed by atoms with E-state index in [-0.39, 0.29) is 10.8 Å². The lowest BCUT2D eigenvalue weighted by atomic mass is 10.1. The highest BCUT2D eigenvalue weighted by Gasteiger charge is 2.23. The van der Waals surface area contributed by atoms with E-state index in [9.17, 15) is 13.2 Å². The fourth-order valence-electron chi connectivity index (χ4n) is 3.78. The maximum absolute atomic E-state index is 13.0. The zero-order chi connectivity index (χ0) is 24.1. The minimum absolute atomic E-state index is 0.185. The van der Waals surface area contributed by atoms with Crippen molar-refractivity contribution < 1.29 is 13.2 Å². The van der Waals surface area contributed by atoms with E-state index >= 15 is 0 Å². The Morgan fingerprint density at radius 2 is 1.68 bits per heavy atom. The number of fused-ring (bicyclic) bond motifs is 1. The molecule has 176 valence electrons. The molecule has 1 amide bonds. The van der Waals surface area contributed by atoms with Gasteiger partial charge in [-0.2, -0.15) is 4.31 Å². The molecule has 1 heterocycles. The molecule has 34 heavy (non-hydrogen) atoms. The maximum atomic E-state index is 13.0. The van der Waals surface area contributed by atoms with Gasteiger partial charge in [0.15, 0.2) is 0 Å². The van der Waals surface area contributed by atoms with Gasteiger partial charge in [-0.15, -0.1) is 0 Å². The van der Waals surface area contributed by atoms with Gasteiger partial charge in [0, 0.05) is 24.2 Å². The fraction of sp³-hybridized carbons (Fsp3) is 0.231. The van der Waals surface area contributed by atoms with E-state index in [0.29, 0.717) is 30.2 Å². The number of amides is 1. The molecule has 0 atom stereocenters. The number of carbonyl (C=O) groups excluding carboxylic acids is 1. The molecule has 0 bridgehead atoms. The van der Waals surface area contributed by atoms with Gasteiger partial charge in [0.05, 0.1) is 21.6 Å². The molecule has 4 rings (SSSR count). The number of imidazole rings is 1. The van der Waals surface area contributed by atoms with Gasteiger partial charge in [-0.1, -0.05) is 44.5 Å². The number of nitrogens with one attached hydrogen (secondary N) is 2. The first kappa shape index (κ1) is 23.7. The fourth-order valence-corrected chi connectivity index (χ4v) is 5.27. The van der Waals surface area contributed by atoms with E-state index in [1.165, 1.54) is 16.4 Å². The predicted molar refractivity (Wildman–Crippen MR) is 135 cm³/mol. The molecule has 4 aromatic rings. The van der Waals surface area contributed by atoms with Crippen molar-refractivity contribution >= 4 is 32.7 Å². The van der Waals surface area contributed by atoms with Crippen LogP contribution in [0.3, 0.4) is 0 Å². The largest absolute Gasteiger partial charge is 0.338 e. The van der Waals surface area contributed by atoms with E-state index in [2.05, 4.69) is 15.3 Å². The van der Waals surface area contributed by atoms with Gasteiger partial charge >= 0.3 is 0 Å². The summed E-state index contributed by atoms with van der Waals surface area (Å²) < 4.78 is 27.3. The van der Waals surface area contributed by atoms with Crippen LogP contribution in [0.15, 0.2) is 77.7 Å². The van der Waals surface area contributed by atoms with Crippen molar-refractivity contribution in [2.75, 3.05) is 18.4 Å². The highest BCUT2D eigenvalue weighted by molar-refractivity contribution is 7.89. The SMILES string of the molecule is CCCCN(CC)S(=O)(=O)c1ccc(C(=O)Nc2ccccc2-c2nc3ccccc3[nH]2)cc1. The van der Waals surface area contributed by atoms with Crippen LogP contribution in [0.1, 0.15) is 37.0 Å². The highest BCUT2D eigenvalue weighted by Crippen LogP contribution is 2.28. The van der Waals surface area contributed by atoms with Crippen LogP contribution in [0.4, 0.5) is 5.69 Å². The first-order chi connectivity index (χ1) is 16.4. The Morgan fingerprint density at radius 1 is 0.971 bits per heavy atom. The number of H-pyrrole nitrogens is 1. The second-order valence-corrected chi connectivity index (χ2v) is 9.91. The van der Waals surface area contributed by atoms with Gasteiger partial charge in [0.25, 0.3) is 5.91 Å². The number of hydrogen-bond acceptors (Lipinski definition) is 4. The number of sulfonamides is 1. The number of hydrogen-bond donors (Lipinski definition) is 2. The lowest BCUT2D eigenvalue weighted by Gasteiger charge is -2.20. The first-order valence-corrected chi connectivity index (χ1v) is 12.8. The van der Waals surface area contributed by atoms with Crippen LogP contribution >= 0.6 is 0 Å². The van der Waals surface area contributed by atoms with Gasteiger partial charge in [-0.3, -0.25) is 4.79 Å². The third-order valence-corrected chi connectivity index (χ3v) is 7.68. The van der Waals surface area contributed by atoms with E-state index < -0.39 is 10.0 Å². The zero-order valence-corrected chi connectivity index (χ0v) is 20.1. The summed E-state index contributed by atoms with van der Waals surface area (Å²) in [5, 5.41) is 2.93. The van der Waals surface area contributed by atoms with Crippen LogP contribution in [0.2, 0.25) is 0 Å². The van der Waals surface area contributed by atoms with Crippen molar-refractivity contribution in [3.05, 3.63) is 78.4 Å². The molecule has 0 fully saturated rings. The molecule has 0 aliphatic carbocycles. The second-order valence-electron chi connectivity index (χ2n) is 7.98. The molecule has 0 spiro atoms. The van der Waals surface area contributed by atoms with Crippen molar-refractivity contribution in [2.45, 2.75) is 31.6 Å². The quantitative estimate of drug-likeness (QED) is 0.343. The van der Waals surface area contributed by atoms with Gasteiger partial charge in [0.2, 0.25) is 10.0 Å². The van der Waals surface area contributed by atoms with E-state index in [4.69, 9.17) is 0 Å². The highest BCUT2D eigenvalue weighted by atomic mass is 32.2. The summed E-state index contributed by atoms with van der Waals surface area (Å²) >= 11 is 0. The van der Waals surface area contributed by atoms with E-state index in [1.807, 2.05) is 62.4 Å². The van der Waals surface area contributed by atoms with E-state index in [1.54, 1.807) is 12.1 Å². The molecule has 7 nitrogen and oxygen atoms in total. The van der Waals surface area contributed by atoms with Crippen molar-refractivity contribution in [1.82, 2.24) is 14.3 Å². The van der Waals surface area contributed by atoms with E-state index in [0.717, 1.165) is 29.4 Å². The van der Waals surface area contributed by atoms with Gasteiger partial charge in [0.1, 0.15) is 5.82 Å². The average molecular weight is 477 g/mol. The Labute approximate surface area is 199 Å². The van der Waals surface area contributed by atoms with Gasteiger partial charge in [-0.05, 0) is 55.0 Å². The number of carbonyl (C=O) groups is 1. The van der Waals surface area contributed by atoms with Crippen LogP contribution in [0, 0.1) is 0 Å². The standard InChI is InChI=1S/C26H28N4O3S/c1-3-5-18-30(4-2)34(32,33)20-16-14-19(15-17-20)26(31)29-22-11-7-6-10-21(22)25-27-23-12-8-9-13-24(23)28-25/h6-17H,3-5,18H2,1-2H3,(H,27,28)(H,29,31). The van der Waals surface area contributed by atoms with Crippen molar-refractivity contribution in [3.63, 3.8) is 0 Å². The minimum atomic E-state index is -3.59. The van der Waals surface area contributed by atoms with Gasteiger partial charge < -0.3 is 10.3 Å². The number of unbranched alkanes of at least 4 members (excludes halogenated alkanes) is 1. The Kier molecular flexibility index (Phi) is 7.09. The number of aromatic nitrogens is 2. The molecule has 2 N–H and O–H groups in total. The molecule has 0 aliphatic rings. The average Bonchev–Trinajstić information content (AvgIpc) is 3.29. The number of nitrogens with zero attached hydrogens (tertiary/aromatic N) is 2. The molecule has 8 heteroatoms. The maximum Gasteiger partial charge on any atom is 0.255 e. The van der Waals surface area contributed by atoms with Crippen molar-refractivity contribution in [2.24, 2.45) is 0 Å². The summed E-state index contributed by atoms with van der Waals surface area (Å²) in [4.78, 5) is 21.1. The monoisotopic (exact) mass is 476 g/mol. The first-order valence-electron chi connectivity index (χ1n) is 11.4. The Morgan fingerprint density at radius 3 is 2.38 bits per heavy atom. The summed E-state index contributed by atoms with van der Waals surface area (Å²) in [6.07, 6.45) is 1.72. The van der Waals surface area contributed by atoms with Crippen molar-refractivity contribution in [1.29, 1.82) is 0 Å². The summed E-state index contributed by atoms with van der Waals surface area (Å²) in [5.74, 6) is 0.330. The lowest BCUT2D eigenvalue weighted by Crippen LogP contribution is -2.31. The Balaban J connectivity index is 1.55. The third-order valence-electron chi connectivity index (χ3n) is 5.69. The molecule has 0 saturated carbocycles. The molecule has 0 unspecified atom stereocenters. The lowest BCUT2D eigenvalue weighted by molar-refractivity contribution is 0.102. The number of aromatic amines is 1. The summed E-state index contributed by atoms with van der Waals surface area (Å²) in [7, 11) is -3.59. The third kappa shape index (κ3) is 4.88. The molecule has 0 radical (unpaired) electrons. The molecule has 0 saturated heterocycles. The normalized spacial score (nSPS) is 11.7. The molecular weight excluding hydrogens is 448 g/mol. The number of rotatable bonds is 9. The Bertz CT molecular complexity index is 1360. The smallest absolute Gasteiger partial charge is 0.255 e. The predicted octanol–water partition coefficient (Wildman–Crippen LogP) is 5.29. The summed E-state index contributed by atoms with van der Waals surface area (Å²) in [5.41, 5.74) is 3.50. The van der Waals surface area contributed by atoms with Crippen LogP contribution in [0.5, 0.6) is 0 Å². The molecule has 1 aromatic heterocycles. The van der Waals surface area contributed by atoms with Crippen LogP contribution in [-0.4, -0.2) is 41.7 Å². The zero-order valence-electron chi connectivity index (χ0n) is 19.3. The second kappa shape index (κ2) is 10.2. The molecule has 3 aromatic carbocycles. The Hall–Kier alpha value is -3.49. The van der Waals surface area contributed by atoms with Crippen molar-refractivity contribution in [3.8, 4) is 11.4 Å². The number of anilines is 1. The minimum Gasteiger partial charge on any atom is -0.338 e.